The van der Waals surface area contributed by atoms with E-state index in [0.29, 0.717) is 15.9 Å². The number of aromatic nitrogens is 1. The average molecular weight is 473 g/mol. The van der Waals surface area contributed by atoms with Gasteiger partial charge in [0.15, 0.2) is 0 Å². The van der Waals surface area contributed by atoms with Crippen LogP contribution in [0.1, 0.15) is 15.4 Å². The maximum atomic E-state index is 12.7. The molecule has 142 valence electrons. The van der Waals surface area contributed by atoms with Crippen molar-refractivity contribution in [2.24, 2.45) is 0 Å². The maximum absolute atomic E-state index is 12.7. The number of aryl methyl sites for hydroxylation is 1. The SMILES string of the molecule is COc1cccc(OC(=O)c2sccc2S(=O)(=O)Nc2onc(C)c2Br)c1. The molecule has 2 heterocycles. The van der Waals surface area contributed by atoms with Crippen molar-refractivity contribution in [3.05, 3.63) is 50.8 Å². The van der Waals surface area contributed by atoms with Gasteiger partial charge in [0.2, 0.25) is 0 Å². The molecule has 0 radical (unpaired) electrons. The Bertz CT molecular complexity index is 1090. The van der Waals surface area contributed by atoms with Crippen LogP contribution >= 0.6 is 27.3 Å². The normalized spacial score (nSPS) is 11.2. The Morgan fingerprint density at radius 3 is 2.70 bits per heavy atom. The number of methoxy groups -OCH3 is 1. The largest absolute Gasteiger partial charge is 0.497 e. The number of anilines is 1. The minimum absolute atomic E-state index is 0.0716. The Balaban J connectivity index is 1.86. The van der Waals surface area contributed by atoms with Gasteiger partial charge in [-0.2, -0.15) is 0 Å². The van der Waals surface area contributed by atoms with E-state index in [4.69, 9.17) is 14.0 Å². The molecule has 0 spiro atoms. The van der Waals surface area contributed by atoms with Crippen LogP contribution in [0.2, 0.25) is 0 Å². The van der Waals surface area contributed by atoms with Crippen LogP contribution in [0.15, 0.2) is 49.6 Å². The monoisotopic (exact) mass is 472 g/mol. The van der Waals surface area contributed by atoms with Crippen molar-refractivity contribution in [2.75, 3.05) is 11.8 Å². The number of esters is 1. The van der Waals surface area contributed by atoms with Crippen molar-refractivity contribution in [3.8, 4) is 11.5 Å². The van der Waals surface area contributed by atoms with Crippen molar-refractivity contribution < 1.29 is 27.2 Å². The summed E-state index contributed by atoms with van der Waals surface area (Å²) in [4.78, 5) is 12.2. The van der Waals surface area contributed by atoms with Crippen LogP contribution in [0.4, 0.5) is 5.88 Å². The number of sulfonamides is 1. The predicted octanol–water partition coefficient (Wildman–Crippen LogP) is 3.84. The number of thiophene rings is 1. The first-order valence-corrected chi connectivity index (χ1v) is 10.6. The molecule has 1 aromatic carbocycles. The smallest absolute Gasteiger partial charge is 0.355 e. The molecule has 0 aliphatic rings. The number of ether oxygens (including phenoxy) is 2. The lowest BCUT2D eigenvalue weighted by Crippen LogP contribution is -2.17. The van der Waals surface area contributed by atoms with Gasteiger partial charge in [-0.05, 0) is 46.4 Å². The summed E-state index contributed by atoms with van der Waals surface area (Å²) in [7, 11) is -2.60. The fourth-order valence-electron chi connectivity index (χ4n) is 2.08. The first-order chi connectivity index (χ1) is 12.8. The highest BCUT2D eigenvalue weighted by atomic mass is 79.9. The zero-order valence-electron chi connectivity index (χ0n) is 14.1. The van der Waals surface area contributed by atoms with E-state index in [2.05, 4.69) is 25.8 Å². The summed E-state index contributed by atoms with van der Waals surface area (Å²) in [5, 5.41) is 5.15. The van der Waals surface area contributed by atoms with E-state index in [1.165, 1.54) is 24.6 Å². The predicted molar refractivity (Wildman–Crippen MR) is 102 cm³/mol. The Hall–Kier alpha value is -2.37. The molecule has 11 heteroatoms. The average Bonchev–Trinajstić information content (AvgIpc) is 3.25. The van der Waals surface area contributed by atoms with Crippen molar-refractivity contribution in [2.45, 2.75) is 11.8 Å². The Morgan fingerprint density at radius 1 is 1.30 bits per heavy atom. The summed E-state index contributed by atoms with van der Waals surface area (Å²) in [6.45, 7) is 1.65. The Kier molecular flexibility index (Phi) is 5.53. The number of hydrogen-bond acceptors (Lipinski definition) is 8. The quantitative estimate of drug-likeness (QED) is 0.428. The van der Waals surface area contributed by atoms with E-state index in [9.17, 15) is 13.2 Å². The van der Waals surface area contributed by atoms with E-state index in [-0.39, 0.29) is 21.4 Å². The molecule has 0 unspecified atom stereocenters. The highest BCUT2D eigenvalue weighted by Crippen LogP contribution is 2.30. The van der Waals surface area contributed by atoms with E-state index in [1.807, 2.05) is 0 Å². The highest BCUT2D eigenvalue weighted by Gasteiger charge is 2.27. The number of carbonyl (C=O) groups excluding carboxylic acids is 1. The second kappa shape index (κ2) is 7.71. The minimum Gasteiger partial charge on any atom is -0.497 e. The lowest BCUT2D eigenvalue weighted by Gasteiger charge is -2.08. The molecule has 27 heavy (non-hydrogen) atoms. The van der Waals surface area contributed by atoms with E-state index >= 15 is 0 Å². The highest BCUT2D eigenvalue weighted by molar-refractivity contribution is 9.10. The van der Waals surface area contributed by atoms with E-state index in [1.54, 1.807) is 25.1 Å². The topological polar surface area (TPSA) is 108 Å². The maximum Gasteiger partial charge on any atom is 0.355 e. The number of carbonyl (C=O) groups is 1. The third kappa shape index (κ3) is 4.15. The third-order valence-electron chi connectivity index (χ3n) is 3.37. The number of rotatable bonds is 6. The zero-order valence-corrected chi connectivity index (χ0v) is 17.3. The zero-order chi connectivity index (χ0) is 19.6. The van der Waals surface area contributed by atoms with Crippen LogP contribution in [0, 0.1) is 6.92 Å². The van der Waals surface area contributed by atoms with Gasteiger partial charge in [0.25, 0.3) is 15.9 Å². The van der Waals surface area contributed by atoms with Crippen LogP contribution in [0.25, 0.3) is 0 Å². The molecule has 3 rings (SSSR count). The number of halogens is 1. The first kappa shape index (κ1) is 19.4. The van der Waals surface area contributed by atoms with E-state index in [0.717, 1.165) is 11.3 Å². The van der Waals surface area contributed by atoms with Gasteiger partial charge in [-0.15, -0.1) is 11.3 Å². The molecular weight excluding hydrogens is 460 g/mol. The van der Waals surface area contributed by atoms with Crippen LogP contribution < -0.4 is 14.2 Å². The van der Waals surface area contributed by atoms with Gasteiger partial charge in [0, 0.05) is 6.07 Å². The van der Waals surface area contributed by atoms with Crippen molar-refractivity contribution in [1.82, 2.24) is 5.16 Å². The van der Waals surface area contributed by atoms with Crippen LogP contribution in [-0.4, -0.2) is 26.7 Å². The summed E-state index contributed by atoms with van der Waals surface area (Å²) in [6, 6.07) is 7.74. The molecule has 3 aromatic rings. The Morgan fingerprint density at radius 2 is 2.04 bits per heavy atom. The molecule has 2 aromatic heterocycles. The van der Waals surface area contributed by atoms with Crippen LogP contribution in [0.3, 0.4) is 0 Å². The number of nitrogens with one attached hydrogen (secondary N) is 1. The molecule has 8 nitrogen and oxygen atoms in total. The number of benzene rings is 1. The molecule has 0 amide bonds. The summed E-state index contributed by atoms with van der Waals surface area (Å²) >= 11 is 4.14. The number of nitrogens with zero attached hydrogens (tertiary/aromatic N) is 1. The molecule has 0 fully saturated rings. The number of hydrogen-bond donors (Lipinski definition) is 1. The first-order valence-electron chi connectivity index (χ1n) is 7.40. The van der Waals surface area contributed by atoms with Crippen molar-refractivity contribution in [1.29, 1.82) is 0 Å². The summed E-state index contributed by atoms with van der Waals surface area (Å²) in [5.41, 5.74) is 0.482. The molecule has 0 saturated heterocycles. The van der Waals surface area contributed by atoms with Gasteiger partial charge in [-0.25, -0.2) is 17.9 Å². The molecular formula is C16H13BrN2O6S2. The van der Waals surface area contributed by atoms with Crippen LogP contribution in [-0.2, 0) is 10.0 Å². The Labute approximate surface area is 167 Å². The lowest BCUT2D eigenvalue weighted by molar-refractivity contribution is 0.0736. The lowest BCUT2D eigenvalue weighted by atomic mass is 10.3. The summed E-state index contributed by atoms with van der Waals surface area (Å²) < 4.78 is 43.2. The van der Waals surface area contributed by atoms with Gasteiger partial charge >= 0.3 is 5.97 Å². The van der Waals surface area contributed by atoms with Crippen molar-refractivity contribution >= 4 is 49.1 Å². The molecule has 0 bridgehead atoms. The van der Waals surface area contributed by atoms with E-state index < -0.39 is 16.0 Å². The molecule has 0 aliphatic heterocycles. The second-order valence-corrected chi connectivity index (χ2v) is 8.56. The molecule has 0 aliphatic carbocycles. The van der Waals surface area contributed by atoms with Gasteiger partial charge in [-0.1, -0.05) is 11.2 Å². The molecule has 0 saturated carbocycles. The summed E-state index contributed by atoms with van der Waals surface area (Å²) in [6.07, 6.45) is 0. The molecule has 0 atom stereocenters. The second-order valence-electron chi connectivity index (χ2n) is 5.20. The van der Waals surface area contributed by atoms with Gasteiger partial charge < -0.3 is 14.0 Å². The van der Waals surface area contributed by atoms with Gasteiger partial charge in [0.1, 0.15) is 25.7 Å². The van der Waals surface area contributed by atoms with Gasteiger partial charge in [0.05, 0.1) is 12.8 Å². The van der Waals surface area contributed by atoms with Crippen LogP contribution in [0.5, 0.6) is 11.5 Å². The fraction of sp³-hybridized carbons (Fsp3) is 0.125. The van der Waals surface area contributed by atoms with Crippen molar-refractivity contribution in [3.63, 3.8) is 0 Å². The minimum atomic E-state index is -4.09. The fourth-order valence-corrected chi connectivity index (χ4v) is 4.74. The third-order valence-corrected chi connectivity index (χ3v) is 6.70. The standard InChI is InChI=1S/C16H13BrN2O6S2/c1-9-13(17)15(25-18-9)19-27(21,22)12-6-7-26-14(12)16(20)24-11-5-3-4-10(8-11)23-2/h3-8,19H,1-2H3. The molecule has 1 N–H and O–H groups in total. The van der Waals surface area contributed by atoms with Gasteiger partial charge in [-0.3, -0.25) is 0 Å². The summed E-state index contributed by atoms with van der Waals surface area (Å²) in [5.74, 6) is -0.138.